The van der Waals surface area contributed by atoms with Crippen LogP contribution in [0.5, 0.6) is 11.5 Å². The van der Waals surface area contributed by atoms with Crippen LogP contribution in [0.2, 0.25) is 0 Å². The van der Waals surface area contributed by atoms with E-state index in [4.69, 9.17) is 9.47 Å². The summed E-state index contributed by atoms with van der Waals surface area (Å²) in [5, 5.41) is 6.47. The Morgan fingerprint density at radius 3 is 2.41 bits per heavy atom. The quantitative estimate of drug-likeness (QED) is 0.315. The van der Waals surface area contributed by atoms with E-state index in [0.29, 0.717) is 42.7 Å². The van der Waals surface area contributed by atoms with Gasteiger partial charge in [-0.3, -0.25) is 0 Å². The molecule has 0 aromatic heterocycles. The molecule has 0 aliphatic heterocycles. The van der Waals surface area contributed by atoms with E-state index >= 15 is 0 Å². The van der Waals surface area contributed by atoms with E-state index in [1.807, 2.05) is 50.2 Å². The van der Waals surface area contributed by atoms with Crippen molar-refractivity contribution in [1.82, 2.24) is 10.2 Å². The molecule has 0 fully saturated rings. The Bertz CT molecular complexity index is 815. The fraction of sp³-hybridized carbons (Fsp3) is 0.381. The topological polar surface area (TPSA) is 58.1 Å². The van der Waals surface area contributed by atoms with Crippen LogP contribution in [0.25, 0.3) is 0 Å². The number of hydrogen-bond donors (Lipinski definition) is 2. The van der Waals surface area contributed by atoms with E-state index in [0.717, 1.165) is 11.3 Å². The predicted octanol–water partition coefficient (Wildman–Crippen LogP) is 4.10. The van der Waals surface area contributed by atoms with Gasteiger partial charge in [-0.1, -0.05) is 6.07 Å². The molecule has 0 spiro atoms. The summed E-state index contributed by atoms with van der Waals surface area (Å²) < 4.78 is 24.6. The zero-order chi connectivity index (χ0) is 20.5. The summed E-state index contributed by atoms with van der Waals surface area (Å²) in [6.45, 7) is 3.70. The van der Waals surface area contributed by atoms with Gasteiger partial charge in [0.2, 0.25) is 0 Å². The van der Waals surface area contributed by atoms with Gasteiger partial charge in [0.05, 0.1) is 20.8 Å². The molecule has 2 N–H and O–H groups in total. The van der Waals surface area contributed by atoms with Gasteiger partial charge in [0.1, 0.15) is 5.82 Å². The highest BCUT2D eigenvalue weighted by molar-refractivity contribution is 14.0. The minimum Gasteiger partial charge on any atom is -0.493 e. The lowest BCUT2D eigenvalue weighted by Crippen LogP contribution is -2.30. The molecule has 6 nitrogen and oxygen atoms in total. The fourth-order valence-corrected chi connectivity index (χ4v) is 2.72. The number of halogens is 2. The van der Waals surface area contributed by atoms with Gasteiger partial charge in [-0.05, 0) is 50.8 Å². The molecular formula is C21H30FIN4O2. The van der Waals surface area contributed by atoms with Gasteiger partial charge in [-0.25, -0.2) is 9.38 Å². The predicted molar refractivity (Wildman–Crippen MR) is 127 cm³/mol. The first-order valence-electron chi connectivity index (χ1n) is 9.16. The van der Waals surface area contributed by atoms with Crippen LogP contribution in [0, 0.1) is 5.82 Å². The number of ether oxygens (including phenoxy) is 2. The lowest BCUT2D eigenvalue weighted by atomic mass is 10.1. The number of nitrogens with zero attached hydrogens (tertiary/aromatic N) is 2. The zero-order valence-corrected chi connectivity index (χ0v) is 19.9. The summed E-state index contributed by atoms with van der Waals surface area (Å²) in [7, 11) is 7.03. The number of aliphatic imine (C=N–C) groups is 1. The highest BCUT2D eigenvalue weighted by Gasteiger charge is 2.08. The van der Waals surface area contributed by atoms with Gasteiger partial charge in [0, 0.05) is 30.4 Å². The normalized spacial score (nSPS) is 11.1. The Hall–Kier alpha value is -2.07. The van der Waals surface area contributed by atoms with Gasteiger partial charge in [0.15, 0.2) is 17.5 Å². The second-order valence-corrected chi connectivity index (χ2v) is 6.55. The van der Waals surface area contributed by atoms with Gasteiger partial charge in [0.25, 0.3) is 0 Å². The molecule has 0 amide bonds. The Labute approximate surface area is 189 Å². The van der Waals surface area contributed by atoms with E-state index in [1.165, 1.54) is 6.07 Å². The van der Waals surface area contributed by atoms with Crippen molar-refractivity contribution in [1.29, 1.82) is 0 Å². The van der Waals surface area contributed by atoms with E-state index in [2.05, 4.69) is 15.6 Å². The number of anilines is 1. The van der Waals surface area contributed by atoms with Crippen LogP contribution in [0.4, 0.5) is 10.1 Å². The summed E-state index contributed by atoms with van der Waals surface area (Å²) in [5.41, 5.74) is 2.43. The smallest absolute Gasteiger partial charge is 0.196 e. The maximum atomic E-state index is 14.0. The maximum Gasteiger partial charge on any atom is 0.196 e. The van der Waals surface area contributed by atoms with Crippen LogP contribution in [0.15, 0.2) is 41.4 Å². The highest BCUT2D eigenvalue weighted by Crippen LogP contribution is 2.29. The second-order valence-electron chi connectivity index (χ2n) is 6.55. The number of benzene rings is 2. The Morgan fingerprint density at radius 1 is 1.07 bits per heavy atom. The summed E-state index contributed by atoms with van der Waals surface area (Å²) in [4.78, 5) is 6.55. The van der Waals surface area contributed by atoms with Crippen molar-refractivity contribution >= 4 is 35.6 Å². The number of hydrogen-bond acceptors (Lipinski definition) is 4. The molecule has 29 heavy (non-hydrogen) atoms. The first-order valence-corrected chi connectivity index (χ1v) is 9.16. The molecule has 2 aromatic carbocycles. The van der Waals surface area contributed by atoms with Crippen molar-refractivity contribution in [2.24, 2.45) is 4.99 Å². The molecule has 0 saturated heterocycles. The molecule has 0 bridgehead atoms. The maximum absolute atomic E-state index is 14.0. The molecule has 0 radical (unpaired) electrons. The van der Waals surface area contributed by atoms with Gasteiger partial charge in [-0.2, -0.15) is 0 Å². The molecule has 0 saturated carbocycles. The lowest BCUT2D eigenvalue weighted by molar-refractivity contribution is 0.355. The SMILES string of the molecule is CCNC(=NCc1ccc(F)c(CN(C)C)c1)Nc1ccc(OC)c(OC)c1.I. The van der Waals surface area contributed by atoms with Crippen LogP contribution in [-0.2, 0) is 13.1 Å². The molecule has 0 heterocycles. The summed E-state index contributed by atoms with van der Waals surface area (Å²) in [6, 6.07) is 10.7. The first kappa shape index (κ1) is 25.0. The molecule has 0 aliphatic rings. The molecule has 0 aliphatic carbocycles. The van der Waals surface area contributed by atoms with Crippen molar-refractivity contribution in [3.63, 3.8) is 0 Å². The van der Waals surface area contributed by atoms with Crippen LogP contribution >= 0.6 is 24.0 Å². The third-order valence-corrected chi connectivity index (χ3v) is 4.01. The van der Waals surface area contributed by atoms with E-state index in [9.17, 15) is 4.39 Å². The zero-order valence-electron chi connectivity index (χ0n) is 17.6. The van der Waals surface area contributed by atoms with Crippen LogP contribution in [0.3, 0.4) is 0 Å². The Balaban J connectivity index is 0.00000420. The average molecular weight is 516 g/mol. The third kappa shape index (κ3) is 7.69. The molecule has 8 heteroatoms. The Morgan fingerprint density at radius 2 is 1.79 bits per heavy atom. The summed E-state index contributed by atoms with van der Waals surface area (Å²) in [6.07, 6.45) is 0. The van der Waals surface area contributed by atoms with Crippen molar-refractivity contribution in [3.05, 3.63) is 53.3 Å². The van der Waals surface area contributed by atoms with E-state index < -0.39 is 0 Å². The number of methoxy groups -OCH3 is 2. The molecule has 2 rings (SSSR count). The van der Waals surface area contributed by atoms with E-state index in [-0.39, 0.29) is 29.8 Å². The van der Waals surface area contributed by atoms with Crippen molar-refractivity contribution < 1.29 is 13.9 Å². The molecule has 0 unspecified atom stereocenters. The van der Waals surface area contributed by atoms with E-state index in [1.54, 1.807) is 20.3 Å². The molecule has 0 atom stereocenters. The largest absolute Gasteiger partial charge is 0.493 e. The monoisotopic (exact) mass is 516 g/mol. The number of nitrogens with one attached hydrogen (secondary N) is 2. The standard InChI is InChI=1S/C21H29FN4O2.HI/c1-6-23-21(25-17-8-10-19(27-4)20(12-17)28-5)24-13-15-7-9-18(22)16(11-15)14-26(2)3;/h7-12H,6,13-14H2,1-5H3,(H2,23,24,25);1H. The Kier molecular flexibility index (Phi) is 10.7. The average Bonchev–Trinajstić information content (AvgIpc) is 2.68. The van der Waals surface area contributed by atoms with Crippen molar-refractivity contribution in [3.8, 4) is 11.5 Å². The molecule has 2 aromatic rings. The molecular weight excluding hydrogens is 486 g/mol. The van der Waals surface area contributed by atoms with Crippen LogP contribution < -0.4 is 20.1 Å². The summed E-state index contributed by atoms with van der Waals surface area (Å²) in [5.74, 6) is 1.73. The number of rotatable bonds is 8. The van der Waals surface area contributed by atoms with Gasteiger partial charge in [-0.15, -0.1) is 24.0 Å². The van der Waals surface area contributed by atoms with Crippen LogP contribution in [-0.4, -0.2) is 45.7 Å². The van der Waals surface area contributed by atoms with Crippen molar-refractivity contribution in [2.45, 2.75) is 20.0 Å². The minimum absolute atomic E-state index is 0. The van der Waals surface area contributed by atoms with Crippen LogP contribution in [0.1, 0.15) is 18.1 Å². The van der Waals surface area contributed by atoms with Gasteiger partial charge < -0.3 is 25.0 Å². The lowest BCUT2D eigenvalue weighted by Gasteiger charge is -2.14. The van der Waals surface area contributed by atoms with Crippen molar-refractivity contribution in [2.75, 3.05) is 40.2 Å². The minimum atomic E-state index is -0.197. The molecule has 160 valence electrons. The van der Waals surface area contributed by atoms with Gasteiger partial charge >= 0.3 is 0 Å². The first-order chi connectivity index (χ1) is 13.5. The second kappa shape index (κ2) is 12.5. The fourth-order valence-electron chi connectivity index (χ4n) is 2.72. The number of guanidine groups is 1. The highest BCUT2D eigenvalue weighted by atomic mass is 127. The summed E-state index contributed by atoms with van der Waals surface area (Å²) >= 11 is 0. The third-order valence-electron chi connectivity index (χ3n) is 4.01.